The molecular formula is C17H32N2O2. The smallest absolute Gasteiger partial charge is 0.243 e. The van der Waals surface area contributed by atoms with E-state index in [-0.39, 0.29) is 23.9 Å². The quantitative estimate of drug-likeness (QED) is 0.723. The third kappa shape index (κ3) is 6.96. The first-order valence-electron chi connectivity index (χ1n) is 8.47. The summed E-state index contributed by atoms with van der Waals surface area (Å²) < 4.78 is 0. The Morgan fingerprint density at radius 1 is 1.05 bits per heavy atom. The van der Waals surface area contributed by atoms with E-state index in [2.05, 4.69) is 31.4 Å². The molecule has 0 saturated heterocycles. The van der Waals surface area contributed by atoms with Gasteiger partial charge in [-0.3, -0.25) is 9.59 Å². The highest BCUT2D eigenvalue weighted by molar-refractivity contribution is 5.87. The average molecular weight is 296 g/mol. The van der Waals surface area contributed by atoms with E-state index in [4.69, 9.17) is 0 Å². The first-order valence-corrected chi connectivity index (χ1v) is 8.47. The highest BCUT2D eigenvalue weighted by Gasteiger charge is 2.31. The van der Waals surface area contributed by atoms with Gasteiger partial charge in [0.05, 0.1) is 0 Å². The maximum Gasteiger partial charge on any atom is 0.243 e. The van der Waals surface area contributed by atoms with Crippen molar-refractivity contribution in [1.82, 2.24) is 10.6 Å². The summed E-state index contributed by atoms with van der Waals surface area (Å²) >= 11 is 0. The molecule has 2 atom stereocenters. The number of rotatable bonds is 8. The third-order valence-electron chi connectivity index (χ3n) is 4.32. The second-order valence-electron chi connectivity index (χ2n) is 6.96. The maximum absolute atomic E-state index is 12.4. The molecule has 122 valence electrons. The lowest BCUT2D eigenvalue weighted by molar-refractivity contribution is -0.129. The van der Waals surface area contributed by atoms with Gasteiger partial charge in [-0.1, -0.05) is 39.5 Å². The molecule has 0 spiro atoms. The molecule has 0 radical (unpaired) electrons. The standard InChI is InChI=1S/C17H32N2O2/c1-12(2)8-7-9-13(3)18-17(21)16(19-14(4)20)15-10-5-6-11-15/h12-13,15-16H,5-11H2,1-4H3,(H,18,21)(H,19,20). The monoisotopic (exact) mass is 296 g/mol. The van der Waals surface area contributed by atoms with Crippen molar-refractivity contribution in [2.45, 2.75) is 84.7 Å². The number of carbonyl (C=O) groups excluding carboxylic acids is 2. The Bertz CT molecular complexity index is 336. The predicted molar refractivity (Wildman–Crippen MR) is 85.9 cm³/mol. The van der Waals surface area contributed by atoms with Crippen LogP contribution < -0.4 is 10.6 Å². The van der Waals surface area contributed by atoms with Crippen LogP contribution in [-0.4, -0.2) is 23.9 Å². The van der Waals surface area contributed by atoms with Crippen LogP contribution >= 0.6 is 0 Å². The van der Waals surface area contributed by atoms with Crippen LogP contribution in [0.15, 0.2) is 0 Å². The Kier molecular flexibility index (Phi) is 7.76. The lowest BCUT2D eigenvalue weighted by Gasteiger charge is -2.25. The summed E-state index contributed by atoms with van der Waals surface area (Å²) in [5.41, 5.74) is 0. The molecular weight excluding hydrogens is 264 g/mol. The highest BCUT2D eigenvalue weighted by Crippen LogP contribution is 2.28. The number of carbonyl (C=O) groups is 2. The highest BCUT2D eigenvalue weighted by atomic mass is 16.2. The Morgan fingerprint density at radius 3 is 2.19 bits per heavy atom. The average Bonchev–Trinajstić information content (AvgIpc) is 2.88. The molecule has 1 aliphatic rings. The van der Waals surface area contributed by atoms with Crippen LogP contribution in [-0.2, 0) is 9.59 Å². The summed E-state index contributed by atoms with van der Waals surface area (Å²) in [6.07, 6.45) is 7.74. The molecule has 2 unspecified atom stereocenters. The van der Waals surface area contributed by atoms with E-state index < -0.39 is 0 Å². The van der Waals surface area contributed by atoms with Crippen molar-refractivity contribution in [3.8, 4) is 0 Å². The van der Waals surface area contributed by atoms with Gasteiger partial charge in [-0.15, -0.1) is 0 Å². The minimum Gasteiger partial charge on any atom is -0.352 e. The molecule has 0 bridgehead atoms. The minimum absolute atomic E-state index is 0.00542. The van der Waals surface area contributed by atoms with Gasteiger partial charge in [0.2, 0.25) is 11.8 Å². The van der Waals surface area contributed by atoms with Gasteiger partial charge >= 0.3 is 0 Å². The van der Waals surface area contributed by atoms with E-state index in [1.165, 1.54) is 13.3 Å². The molecule has 4 heteroatoms. The van der Waals surface area contributed by atoms with E-state index in [9.17, 15) is 9.59 Å². The molecule has 0 aromatic heterocycles. The van der Waals surface area contributed by atoms with Crippen molar-refractivity contribution >= 4 is 11.8 Å². The summed E-state index contributed by atoms with van der Waals surface area (Å²) in [4.78, 5) is 23.8. The fourth-order valence-electron chi connectivity index (χ4n) is 3.14. The predicted octanol–water partition coefficient (Wildman–Crippen LogP) is 3.01. The Morgan fingerprint density at radius 2 is 1.67 bits per heavy atom. The molecule has 0 heterocycles. The SMILES string of the molecule is CC(=O)NC(C(=O)NC(C)CCCC(C)C)C1CCCC1. The van der Waals surface area contributed by atoms with E-state index >= 15 is 0 Å². The molecule has 0 aromatic rings. The van der Waals surface area contributed by atoms with Crippen LogP contribution in [0.5, 0.6) is 0 Å². The van der Waals surface area contributed by atoms with Gasteiger partial charge < -0.3 is 10.6 Å². The number of nitrogens with one attached hydrogen (secondary N) is 2. The van der Waals surface area contributed by atoms with Crippen LogP contribution in [0.25, 0.3) is 0 Å². The van der Waals surface area contributed by atoms with Crippen molar-refractivity contribution in [3.05, 3.63) is 0 Å². The Labute approximate surface area is 129 Å². The van der Waals surface area contributed by atoms with E-state index in [0.717, 1.165) is 38.5 Å². The lowest BCUT2D eigenvalue weighted by atomic mass is 9.96. The van der Waals surface area contributed by atoms with E-state index in [1.807, 2.05) is 0 Å². The van der Waals surface area contributed by atoms with E-state index in [0.29, 0.717) is 11.8 Å². The van der Waals surface area contributed by atoms with Crippen LogP contribution in [0.2, 0.25) is 0 Å². The van der Waals surface area contributed by atoms with Crippen molar-refractivity contribution in [2.75, 3.05) is 0 Å². The normalized spacial score (nSPS) is 18.5. The summed E-state index contributed by atoms with van der Waals surface area (Å²) in [5.74, 6) is 0.888. The molecule has 1 fully saturated rings. The third-order valence-corrected chi connectivity index (χ3v) is 4.32. The fourth-order valence-corrected chi connectivity index (χ4v) is 3.14. The molecule has 1 saturated carbocycles. The minimum atomic E-state index is -0.349. The first kappa shape index (κ1) is 18.0. The molecule has 1 aliphatic carbocycles. The maximum atomic E-state index is 12.4. The lowest BCUT2D eigenvalue weighted by Crippen LogP contribution is -2.51. The van der Waals surface area contributed by atoms with Crippen molar-refractivity contribution in [1.29, 1.82) is 0 Å². The van der Waals surface area contributed by atoms with Gasteiger partial charge in [0.15, 0.2) is 0 Å². The number of amides is 2. The fraction of sp³-hybridized carbons (Fsp3) is 0.882. The summed E-state index contributed by atoms with van der Waals surface area (Å²) in [5, 5.41) is 5.93. The largest absolute Gasteiger partial charge is 0.352 e. The van der Waals surface area contributed by atoms with Crippen molar-refractivity contribution in [3.63, 3.8) is 0 Å². The van der Waals surface area contributed by atoms with Crippen LogP contribution in [0.1, 0.15) is 72.6 Å². The van der Waals surface area contributed by atoms with Gasteiger partial charge in [-0.2, -0.15) is 0 Å². The molecule has 2 amide bonds. The second kappa shape index (κ2) is 9.06. The van der Waals surface area contributed by atoms with Gasteiger partial charge in [-0.25, -0.2) is 0 Å². The van der Waals surface area contributed by atoms with Gasteiger partial charge in [0, 0.05) is 13.0 Å². The van der Waals surface area contributed by atoms with Crippen LogP contribution in [0.3, 0.4) is 0 Å². The Balaban J connectivity index is 2.45. The van der Waals surface area contributed by atoms with Gasteiger partial charge in [0.1, 0.15) is 6.04 Å². The first-order chi connectivity index (χ1) is 9.90. The molecule has 4 nitrogen and oxygen atoms in total. The zero-order valence-electron chi connectivity index (χ0n) is 14.1. The summed E-state index contributed by atoms with van der Waals surface area (Å²) in [6.45, 7) is 7.98. The zero-order valence-corrected chi connectivity index (χ0v) is 14.1. The van der Waals surface area contributed by atoms with Crippen LogP contribution in [0.4, 0.5) is 0 Å². The number of hydrogen-bond donors (Lipinski definition) is 2. The van der Waals surface area contributed by atoms with Crippen molar-refractivity contribution in [2.24, 2.45) is 11.8 Å². The summed E-state index contributed by atoms with van der Waals surface area (Å²) in [7, 11) is 0. The molecule has 0 aliphatic heterocycles. The Hall–Kier alpha value is -1.06. The van der Waals surface area contributed by atoms with Crippen molar-refractivity contribution < 1.29 is 9.59 Å². The second-order valence-corrected chi connectivity index (χ2v) is 6.96. The zero-order chi connectivity index (χ0) is 15.8. The van der Waals surface area contributed by atoms with Gasteiger partial charge in [-0.05, 0) is 38.0 Å². The molecule has 0 aromatic carbocycles. The van der Waals surface area contributed by atoms with E-state index in [1.54, 1.807) is 0 Å². The number of hydrogen-bond acceptors (Lipinski definition) is 2. The molecule has 21 heavy (non-hydrogen) atoms. The molecule has 2 N–H and O–H groups in total. The topological polar surface area (TPSA) is 58.2 Å². The van der Waals surface area contributed by atoms with Crippen LogP contribution in [0, 0.1) is 11.8 Å². The molecule has 1 rings (SSSR count). The van der Waals surface area contributed by atoms with Gasteiger partial charge in [0.25, 0.3) is 0 Å². The summed E-state index contributed by atoms with van der Waals surface area (Å²) in [6, 6.07) is -0.175.